The summed E-state index contributed by atoms with van der Waals surface area (Å²) in [6.45, 7) is 5.16. The molecule has 0 atom stereocenters. The molecule has 0 N–H and O–H groups in total. The van der Waals surface area contributed by atoms with Crippen LogP contribution in [0.3, 0.4) is 0 Å². The van der Waals surface area contributed by atoms with E-state index in [0.717, 1.165) is 0 Å². The summed E-state index contributed by atoms with van der Waals surface area (Å²) >= 11 is 3.30. The summed E-state index contributed by atoms with van der Waals surface area (Å²) in [6, 6.07) is 5.26. The minimum atomic E-state index is -0.583. The first-order chi connectivity index (χ1) is 8.78. The summed E-state index contributed by atoms with van der Waals surface area (Å²) in [5, 5.41) is 0. The normalized spacial score (nSPS) is 11.8. The zero-order chi connectivity index (χ0) is 14.2. The lowest BCUT2D eigenvalue weighted by Crippen LogP contribution is -2.29. The average molecular weight is 328 g/mol. The van der Waals surface area contributed by atoms with Crippen LogP contribution in [0.2, 0.25) is 0 Å². The molecule has 0 aliphatic heterocycles. The molecule has 6 heteroatoms. The first-order valence-corrected chi connectivity index (χ1v) is 6.57. The van der Waals surface area contributed by atoms with Crippen molar-refractivity contribution in [3.05, 3.63) is 33.2 Å². The van der Waals surface area contributed by atoms with Gasteiger partial charge in [0.1, 0.15) is 12.1 Å². The van der Waals surface area contributed by atoms with E-state index in [1.165, 1.54) is 4.57 Å². The Bertz CT molecular complexity index is 678. The Morgan fingerprint density at radius 1 is 1.42 bits per heavy atom. The van der Waals surface area contributed by atoms with E-state index in [2.05, 4.69) is 15.9 Å². The predicted molar refractivity (Wildman–Crippen MR) is 74.0 cm³/mol. The molecule has 5 nitrogen and oxygen atoms in total. The lowest BCUT2D eigenvalue weighted by molar-refractivity contribution is -0.155. The first-order valence-electron chi connectivity index (χ1n) is 5.77. The van der Waals surface area contributed by atoms with E-state index >= 15 is 0 Å². The van der Waals surface area contributed by atoms with Gasteiger partial charge in [0, 0.05) is 0 Å². The van der Waals surface area contributed by atoms with E-state index in [4.69, 9.17) is 9.15 Å². The number of hydrogen-bond acceptors (Lipinski definition) is 4. The van der Waals surface area contributed by atoms with E-state index in [1.807, 2.05) is 0 Å². The Kier molecular flexibility index (Phi) is 3.54. The molecule has 1 aromatic carbocycles. The number of hydrogen-bond donors (Lipinski definition) is 0. The van der Waals surface area contributed by atoms with Crippen molar-refractivity contribution in [1.82, 2.24) is 4.57 Å². The summed E-state index contributed by atoms with van der Waals surface area (Å²) in [5.41, 5.74) is 0.405. The van der Waals surface area contributed by atoms with Crippen molar-refractivity contribution in [2.24, 2.45) is 0 Å². The molecule has 102 valence electrons. The van der Waals surface area contributed by atoms with Crippen LogP contribution >= 0.6 is 15.9 Å². The second-order valence-corrected chi connectivity index (χ2v) is 5.98. The largest absolute Gasteiger partial charge is 0.459 e. The van der Waals surface area contributed by atoms with Gasteiger partial charge in [-0.2, -0.15) is 0 Å². The summed E-state index contributed by atoms with van der Waals surface area (Å²) in [5.74, 6) is -1.05. The molecule has 2 aromatic rings. The SMILES string of the molecule is CC(C)(C)OC(=O)Cn1c(=O)oc2c(Br)cccc21. The maximum atomic E-state index is 11.8. The highest BCUT2D eigenvalue weighted by atomic mass is 79.9. The van der Waals surface area contributed by atoms with Gasteiger partial charge in [-0.3, -0.25) is 9.36 Å². The van der Waals surface area contributed by atoms with E-state index in [0.29, 0.717) is 15.6 Å². The van der Waals surface area contributed by atoms with Crippen LogP contribution in [0.4, 0.5) is 0 Å². The lowest BCUT2D eigenvalue weighted by Gasteiger charge is -2.19. The smallest absolute Gasteiger partial charge is 0.420 e. The van der Waals surface area contributed by atoms with Crippen LogP contribution in [0.15, 0.2) is 31.9 Å². The molecule has 19 heavy (non-hydrogen) atoms. The van der Waals surface area contributed by atoms with Crippen LogP contribution in [0.1, 0.15) is 20.8 Å². The number of para-hydroxylation sites is 1. The number of halogens is 1. The van der Waals surface area contributed by atoms with Crippen LogP contribution in [-0.4, -0.2) is 16.1 Å². The molecular weight excluding hydrogens is 314 g/mol. The summed E-state index contributed by atoms with van der Waals surface area (Å²) < 4.78 is 12.2. The molecule has 0 saturated carbocycles. The van der Waals surface area contributed by atoms with Crippen LogP contribution in [0.5, 0.6) is 0 Å². The van der Waals surface area contributed by atoms with Crippen molar-refractivity contribution in [3.63, 3.8) is 0 Å². The highest BCUT2D eigenvalue weighted by Gasteiger charge is 2.19. The number of benzene rings is 1. The number of ether oxygens (including phenoxy) is 1. The van der Waals surface area contributed by atoms with Gasteiger partial charge in [-0.1, -0.05) is 6.07 Å². The van der Waals surface area contributed by atoms with Gasteiger partial charge in [-0.15, -0.1) is 0 Å². The Morgan fingerprint density at radius 2 is 2.11 bits per heavy atom. The number of carbonyl (C=O) groups is 1. The highest BCUT2D eigenvalue weighted by Crippen LogP contribution is 2.22. The van der Waals surface area contributed by atoms with Crippen LogP contribution in [0, 0.1) is 0 Å². The third-order valence-corrected chi connectivity index (χ3v) is 2.98. The number of oxazole rings is 1. The molecule has 0 spiro atoms. The first kappa shape index (κ1) is 13.9. The van der Waals surface area contributed by atoms with Gasteiger partial charge in [-0.25, -0.2) is 4.79 Å². The fourth-order valence-corrected chi connectivity index (χ4v) is 2.14. The van der Waals surface area contributed by atoms with E-state index < -0.39 is 17.3 Å². The van der Waals surface area contributed by atoms with E-state index in [1.54, 1.807) is 39.0 Å². The van der Waals surface area contributed by atoms with E-state index in [9.17, 15) is 9.59 Å². The molecule has 0 aliphatic rings. The van der Waals surface area contributed by atoms with Gasteiger partial charge >= 0.3 is 11.7 Å². The van der Waals surface area contributed by atoms with Gasteiger partial charge < -0.3 is 9.15 Å². The van der Waals surface area contributed by atoms with Gasteiger partial charge in [0.25, 0.3) is 0 Å². The monoisotopic (exact) mass is 327 g/mol. The molecule has 0 radical (unpaired) electrons. The Morgan fingerprint density at radius 3 is 2.74 bits per heavy atom. The Balaban J connectivity index is 2.36. The van der Waals surface area contributed by atoms with Crippen LogP contribution in [0.25, 0.3) is 11.1 Å². The zero-order valence-corrected chi connectivity index (χ0v) is 12.5. The van der Waals surface area contributed by atoms with Crippen LogP contribution in [-0.2, 0) is 16.1 Å². The van der Waals surface area contributed by atoms with Crippen molar-refractivity contribution in [1.29, 1.82) is 0 Å². The average Bonchev–Trinajstić information content (AvgIpc) is 2.55. The third-order valence-electron chi connectivity index (χ3n) is 2.35. The molecule has 0 aliphatic carbocycles. The number of rotatable bonds is 2. The Labute approximate surface area is 118 Å². The van der Waals surface area contributed by atoms with Gasteiger partial charge in [0.05, 0.1) is 9.99 Å². The summed E-state index contributed by atoms with van der Waals surface area (Å²) in [7, 11) is 0. The molecule has 1 heterocycles. The summed E-state index contributed by atoms with van der Waals surface area (Å²) in [6.07, 6.45) is 0. The molecular formula is C13H14BrNO4. The molecule has 0 fully saturated rings. The van der Waals surface area contributed by atoms with Crippen molar-refractivity contribution < 1.29 is 13.9 Å². The topological polar surface area (TPSA) is 61.4 Å². The quantitative estimate of drug-likeness (QED) is 0.795. The number of carbonyl (C=O) groups excluding carboxylic acids is 1. The number of nitrogens with zero attached hydrogens (tertiary/aromatic N) is 1. The second kappa shape index (κ2) is 4.85. The minimum Gasteiger partial charge on any atom is -0.459 e. The molecule has 0 amide bonds. The van der Waals surface area contributed by atoms with E-state index in [-0.39, 0.29) is 6.54 Å². The van der Waals surface area contributed by atoms with Gasteiger partial charge in [0.2, 0.25) is 0 Å². The fraction of sp³-hybridized carbons (Fsp3) is 0.385. The number of fused-ring (bicyclic) bond motifs is 1. The predicted octanol–water partition coefficient (Wildman–Crippen LogP) is 2.70. The van der Waals surface area contributed by atoms with Crippen molar-refractivity contribution in [2.45, 2.75) is 32.9 Å². The Hall–Kier alpha value is -1.56. The second-order valence-electron chi connectivity index (χ2n) is 5.13. The fourth-order valence-electron chi connectivity index (χ4n) is 1.70. The molecule has 0 bridgehead atoms. The zero-order valence-electron chi connectivity index (χ0n) is 10.9. The maximum Gasteiger partial charge on any atom is 0.420 e. The summed E-state index contributed by atoms with van der Waals surface area (Å²) in [4.78, 5) is 23.5. The van der Waals surface area contributed by atoms with Crippen molar-refractivity contribution in [3.8, 4) is 0 Å². The number of aromatic nitrogens is 1. The van der Waals surface area contributed by atoms with Gasteiger partial charge in [0.15, 0.2) is 5.58 Å². The molecule has 2 rings (SSSR count). The number of esters is 1. The molecule has 1 aromatic heterocycles. The van der Waals surface area contributed by atoms with Crippen molar-refractivity contribution in [2.75, 3.05) is 0 Å². The highest BCUT2D eigenvalue weighted by molar-refractivity contribution is 9.10. The van der Waals surface area contributed by atoms with Crippen LogP contribution < -0.4 is 5.76 Å². The lowest BCUT2D eigenvalue weighted by atomic mass is 10.2. The third kappa shape index (κ3) is 3.07. The molecule has 0 unspecified atom stereocenters. The molecule has 0 saturated heterocycles. The maximum absolute atomic E-state index is 11.8. The minimum absolute atomic E-state index is 0.167. The van der Waals surface area contributed by atoms with Gasteiger partial charge in [-0.05, 0) is 48.8 Å². The van der Waals surface area contributed by atoms with Crippen molar-refractivity contribution >= 4 is 33.0 Å². The standard InChI is InChI=1S/C13H14BrNO4/c1-13(2,3)19-10(16)7-15-9-6-4-5-8(14)11(9)18-12(15)17/h4-6H,7H2,1-3H3.